The van der Waals surface area contributed by atoms with Crippen LogP contribution in [0.2, 0.25) is 0 Å². The lowest BCUT2D eigenvalue weighted by atomic mass is 10.2. The number of nitrogens with two attached hydrogens (primary N) is 1. The van der Waals surface area contributed by atoms with Gasteiger partial charge in [0.25, 0.3) is 0 Å². The van der Waals surface area contributed by atoms with Gasteiger partial charge >= 0.3 is 0 Å². The Bertz CT molecular complexity index is 1140. The molecular formula is C18H18BrFN8O2. The SMILES string of the molecule is Cc1ccc(Br)nc1NC(=O)[C@@H]1C[C@@H](F)CN1C(=O)Cn1cnc2c(N)ncnc21. The van der Waals surface area contributed by atoms with Gasteiger partial charge in [0.1, 0.15) is 41.0 Å². The summed E-state index contributed by atoms with van der Waals surface area (Å²) in [6.07, 6.45) is 1.32. The van der Waals surface area contributed by atoms with Crippen molar-refractivity contribution in [1.29, 1.82) is 0 Å². The van der Waals surface area contributed by atoms with Crippen LogP contribution >= 0.6 is 15.9 Å². The normalized spacial score (nSPS) is 18.7. The minimum atomic E-state index is -1.29. The third kappa shape index (κ3) is 3.82. The summed E-state index contributed by atoms with van der Waals surface area (Å²) in [5.41, 5.74) is 7.28. The first-order chi connectivity index (χ1) is 14.3. The number of fused-ring (bicyclic) bond motifs is 1. The van der Waals surface area contributed by atoms with E-state index >= 15 is 0 Å². The zero-order valence-corrected chi connectivity index (χ0v) is 17.5. The molecule has 1 fully saturated rings. The predicted octanol–water partition coefficient (Wildman–Crippen LogP) is 1.45. The van der Waals surface area contributed by atoms with E-state index in [1.807, 2.05) is 0 Å². The van der Waals surface area contributed by atoms with Crippen LogP contribution in [0.4, 0.5) is 16.0 Å². The molecule has 0 saturated carbocycles. The smallest absolute Gasteiger partial charge is 0.248 e. The largest absolute Gasteiger partial charge is 0.382 e. The number of nitrogen functional groups attached to an aromatic ring is 1. The Morgan fingerprint density at radius 3 is 2.93 bits per heavy atom. The Hall–Kier alpha value is -3.15. The van der Waals surface area contributed by atoms with Crippen LogP contribution in [0.25, 0.3) is 11.2 Å². The van der Waals surface area contributed by atoms with Crippen molar-refractivity contribution < 1.29 is 14.0 Å². The van der Waals surface area contributed by atoms with Gasteiger partial charge in [0.05, 0.1) is 12.9 Å². The highest BCUT2D eigenvalue weighted by molar-refractivity contribution is 9.10. The highest BCUT2D eigenvalue weighted by atomic mass is 79.9. The van der Waals surface area contributed by atoms with E-state index < -0.39 is 24.0 Å². The van der Waals surface area contributed by atoms with Gasteiger partial charge in [-0.15, -0.1) is 0 Å². The number of hydrogen-bond donors (Lipinski definition) is 2. The summed E-state index contributed by atoms with van der Waals surface area (Å²) < 4.78 is 16.2. The van der Waals surface area contributed by atoms with Gasteiger partial charge in [0, 0.05) is 6.42 Å². The lowest BCUT2D eigenvalue weighted by Gasteiger charge is -2.24. The Balaban J connectivity index is 1.53. The molecule has 3 aromatic rings. The fourth-order valence-corrected chi connectivity index (χ4v) is 3.70. The van der Waals surface area contributed by atoms with Gasteiger partial charge in [-0.25, -0.2) is 24.3 Å². The molecule has 1 saturated heterocycles. The molecule has 0 unspecified atom stereocenters. The van der Waals surface area contributed by atoms with Crippen molar-refractivity contribution in [2.75, 3.05) is 17.6 Å². The molecule has 1 aliphatic heterocycles. The molecule has 10 nitrogen and oxygen atoms in total. The Kier molecular flexibility index (Phi) is 5.33. The van der Waals surface area contributed by atoms with Crippen molar-refractivity contribution >= 4 is 50.5 Å². The number of nitrogens with one attached hydrogen (secondary N) is 1. The molecule has 156 valence electrons. The molecule has 4 heterocycles. The number of halogens is 2. The zero-order chi connectivity index (χ0) is 21.4. The second-order valence-corrected chi connectivity index (χ2v) is 7.80. The minimum Gasteiger partial charge on any atom is -0.382 e. The van der Waals surface area contributed by atoms with Gasteiger partial charge in [-0.1, -0.05) is 6.07 Å². The van der Waals surface area contributed by atoms with Gasteiger partial charge in [-0.05, 0) is 34.5 Å². The molecule has 0 aromatic carbocycles. The lowest BCUT2D eigenvalue weighted by molar-refractivity contribution is -0.137. The van der Waals surface area contributed by atoms with Crippen LogP contribution in [0.15, 0.2) is 29.4 Å². The maximum atomic E-state index is 14.2. The van der Waals surface area contributed by atoms with Gasteiger partial charge < -0.3 is 20.5 Å². The second kappa shape index (κ2) is 7.94. The second-order valence-electron chi connectivity index (χ2n) is 6.99. The number of alkyl halides is 1. The standard InChI is InChI=1S/C18H18BrFN8O2/c1-9-2-3-12(19)25-16(9)26-18(30)11-4-10(20)5-28(11)13(29)6-27-8-24-14-15(21)22-7-23-17(14)27/h2-3,7-8,10-11H,4-6H2,1H3,(H2,21,22,23)(H,25,26,30)/t10-,11+/m1/s1. The fraction of sp³-hybridized carbons (Fsp3) is 0.333. The first-order valence-corrected chi connectivity index (χ1v) is 9.91. The summed E-state index contributed by atoms with van der Waals surface area (Å²) in [6.45, 7) is 1.48. The van der Waals surface area contributed by atoms with Crippen LogP contribution in [-0.4, -0.2) is 60.0 Å². The number of pyridine rings is 1. The summed E-state index contributed by atoms with van der Waals surface area (Å²) in [6, 6.07) is 2.60. The lowest BCUT2D eigenvalue weighted by Crippen LogP contribution is -2.44. The van der Waals surface area contributed by atoms with Crippen LogP contribution in [0.3, 0.4) is 0 Å². The van der Waals surface area contributed by atoms with Crippen molar-refractivity contribution in [3.05, 3.63) is 35.0 Å². The molecule has 2 amide bonds. The molecule has 4 rings (SSSR count). The van der Waals surface area contributed by atoms with Crippen LogP contribution in [0.5, 0.6) is 0 Å². The number of amides is 2. The highest BCUT2D eigenvalue weighted by Gasteiger charge is 2.40. The predicted molar refractivity (Wildman–Crippen MR) is 110 cm³/mol. The molecule has 12 heteroatoms. The monoisotopic (exact) mass is 476 g/mol. The summed E-state index contributed by atoms with van der Waals surface area (Å²) in [5, 5.41) is 2.70. The maximum Gasteiger partial charge on any atom is 0.248 e. The minimum absolute atomic E-state index is 0.0789. The van der Waals surface area contributed by atoms with Crippen molar-refractivity contribution in [2.45, 2.75) is 32.1 Å². The Labute approximate surface area is 178 Å². The van der Waals surface area contributed by atoms with E-state index in [-0.39, 0.29) is 25.3 Å². The molecule has 1 aliphatic rings. The van der Waals surface area contributed by atoms with E-state index in [1.54, 1.807) is 19.1 Å². The van der Waals surface area contributed by atoms with E-state index in [0.717, 1.165) is 5.56 Å². The zero-order valence-electron chi connectivity index (χ0n) is 15.9. The van der Waals surface area contributed by atoms with Crippen LogP contribution < -0.4 is 11.1 Å². The van der Waals surface area contributed by atoms with Gasteiger partial charge in [-0.2, -0.15) is 0 Å². The van der Waals surface area contributed by atoms with Crippen molar-refractivity contribution in [3.63, 3.8) is 0 Å². The van der Waals surface area contributed by atoms with Gasteiger partial charge in [-0.3, -0.25) is 9.59 Å². The quantitative estimate of drug-likeness (QED) is 0.544. The van der Waals surface area contributed by atoms with Gasteiger partial charge in [0.2, 0.25) is 11.8 Å². The number of imidazole rings is 1. The number of nitrogens with zero attached hydrogens (tertiary/aromatic N) is 6. The number of anilines is 2. The number of likely N-dealkylation sites (tertiary alicyclic amines) is 1. The van der Waals surface area contributed by atoms with Crippen LogP contribution in [0, 0.1) is 6.92 Å². The Morgan fingerprint density at radius 1 is 1.33 bits per heavy atom. The number of aromatic nitrogens is 5. The molecule has 3 aromatic heterocycles. The first kappa shape index (κ1) is 20.1. The molecule has 0 bridgehead atoms. The molecule has 2 atom stereocenters. The molecular weight excluding hydrogens is 459 g/mol. The van der Waals surface area contributed by atoms with Crippen LogP contribution in [0.1, 0.15) is 12.0 Å². The summed E-state index contributed by atoms with van der Waals surface area (Å²) in [4.78, 5) is 43.3. The fourth-order valence-electron chi connectivity index (χ4n) is 3.39. The van der Waals surface area contributed by atoms with Crippen molar-refractivity contribution in [2.24, 2.45) is 0 Å². The van der Waals surface area contributed by atoms with Gasteiger partial charge in [0.15, 0.2) is 11.5 Å². The van der Waals surface area contributed by atoms with Crippen molar-refractivity contribution in [3.8, 4) is 0 Å². The summed E-state index contributed by atoms with van der Waals surface area (Å²) in [7, 11) is 0. The van der Waals surface area contributed by atoms with Crippen molar-refractivity contribution in [1.82, 2.24) is 29.4 Å². The topological polar surface area (TPSA) is 132 Å². The molecule has 30 heavy (non-hydrogen) atoms. The average Bonchev–Trinajstić information content (AvgIpc) is 3.29. The van der Waals surface area contributed by atoms with Crippen LogP contribution in [-0.2, 0) is 16.1 Å². The molecule has 0 radical (unpaired) electrons. The molecule has 0 spiro atoms. The number of rotatable bonds is 4. The van der Waals surface area contributed by atoms with E-state index in [1.165, 1.54) is 22.1 Å². The van der Waals surface area contributed by atoms with E-state index in [9.17, 15) is 14.0 Å². The number of aryl methyl sites for hydroxylation is 1. The summed E-state index contributed by atoms with van der Waals surface area (Å²) in [5.74, 6) is -0.354. The van der Waals surface area contributed by atoms with E-state index in [0.29, 0.717) is 21.6 Å². The number of carbonyl (C=O) groups is 2. The average molecular weight is 477 g/mol. The molecule has 3 N–H and O–H groups in total. The molecule has 0 aliphatic carbocycles. The number of carbonyl (C=O) groups excluding carboxylic acids is 2. The number of hydrogen-bond acceptors (Lipinski definition) is 7. The third-order valence-corrected chi connectivity index (χ3v) is 5.35. The maximum absolute atomic E-state index is 14.2. The van der Waals surface area contributed by atoms with E-state index in [2.05, 4.69) is 41.2 Å². The highest BCUT2D eigenvalue weighted by Crippen LogP contribution is 2.24. The third-order valence-electron chi connectivity index (χ3n) is 4.91. The summed E-state index contributed by atoms with van der Waals surface area (Å²) >= 11 is 3.26. The Morgan fingerprint density at radius 2 is 2.13 bits per heavy atom. The first-order valence-electron chi connectivity index (χ1n) is 9.12. The van der Waals surface area contributed by atoms with E-state index in [4.69, 9.17) is 5.73 Å².